The Hall–Kier alpha value is -2.37. The molecule has 128 valence electrons. The molecule has 1 aromatic carbocycles. The summed E-state index contributed by atoms with van der Waals surface area (Å²) in [5, 5.41) is 2.94. The van der Waals surface area contributed by atoms with Crippen LogP contribution < -0.4 is 10.2 Å². The lowest BCUT2D eigenvalue weighted by molar-refractivity contribution is 0.0509. The van der Waals surface area contributed by atoms with Gasteiger partial charge in [0.1, 0.15) is 5.60 Å². The normalized spacial score (nSPS) is 18.0. The lowest BCUT2D eigenvalue weighted by atomic mass is 10.2. The number of nitrogens with one attached hydrogen (secondary N) is 1. The predicted octanol–water partition coefficient (Wildman–Crippen LogP) is 3.04. The number of anilines is 1. The molecule has 0 bridgehead atoms. The molecule has 1 aromatic heterocycles. The zero-order valence-corrected chi connectivity index (χ0v) is 14.7. The number of fused-ring (bicyclic) bond motifs is 1. The van der Waals surface area contributed by atoms with E-state index in [1.807, 2.05) is 52.0 Å². The van der Waals surface area contributed by atoms with E-state index >= 15 is 0 Å². The first-order chi connectivity index (χ1) is 11.3. The molecule has 1 fully saturated rings. The number of alkyl carbamates (subject to hydrolysis) is 1. The Bertz CT molecular complexity index is 754. The van der Waals surface area contributed by atoms with Crippen molar-refractivity contribution in [2.45, 2.75) is 45.8 Å². The molecule has 1 unspecified atom stereocenters. The number of para-hydroxylation sites is 2. The van der Waals surface area contributed by atoms with Crippen LogP contribution in [0.3, 0.4) is 0 Å². The Labute approximate surface area is 142 Å². The summed E-state index contributed by atoms with van der Waals surface area (Å²) >= 11 is 0. The minimum atomic E-state index is -0.483. The maximum Gasteiger partial charge on any atom is 0.407 e. The highest BCUT2D eigenvalue weighted by atomic mass is 16.6. The molecule has 6 nitrogen and oxygen atoms in total. The molecule has 1 N–H and O–H groups in total. The topological polar surface area (TPSA) is 67.4 Å². The molecule has 0 aliphatic carbocycles. The van der Waals surface area contributed by atoms with Crippen LogP contribution in [0, 0.1) is 6.92 Å². The van der Waals surface area contributed by atoms with Gasteiger partial charge in [-0.25, -0.2) is 14.8 Å². The predicted molar refractivity (Wildman–Crippen MR) is 94.3 cm³/mol. The second kappa shape index (κ2) is 6.26. The summed E-state index contributed by atoms with van der Waals surface area (Å²) in [4.78, 5) is 23.5. The molecule has 6 heteroatoms. The summed E-state index contributed by atoms with van der Waals surface area (Å²) < 4.78 is 5.33. The van der Waals surface area contributed by atoms with Gasteiger partial charge in [-0.05, 0) is 46.2 Å². The van der Waals surface area contributed by atoms with Gasteiger partial charge in [-0.3, -0.25) is 0 Å². The summed E-state index contributed by atoms with van der Waals surface area (Å²) in [5.74, 6) is 0.891. The van der Waals surface area contributed by atoms with Gasteiger partial charge < -0.3 is 15.0 Å². The third kappa shape index (κ3) is 3.75. The molecule has 3 rings (SSSR count). The minimum Gasteiger partial charge on any atom is -0.444 e. The van der Waals surface area contributed by atoms with Gasteiger partial charge in [-0.1, -0.05) is 12.1 Å². The van der Waals surface area contributed by atoms with Crippen LogP contribution in [0.15, 0.2) is 24.3 Å². The Morgan fingerprint density at radius 2 is 1.92 bits per heavy atom. The van der Waals surface area contributed by atoms with Crippen LogP contribution in [-0.4, -0.2) is 40.8 Å². The average molecular weight is 328 g/mol. The fourth-order valence-corrected chi connectivity index (χ4v) is 2.92. The number of carbonyl (C=O) groups is 1. The highest BCUT2D eigenvalue weighted by Gasteiger charge is 2.28. The standard InChI is InChI=1S/C18H24N4O2/c1-12-16(21-15-8-6-5-7-14(15)19-12)22-10-9-13(11-22)20-17(23)24-18(2,3)4/h5-8,13H,9-11H2,1-4H3,(H,20,23). The quantitative estimate of drug-likeness (QED) is 0.918. The van der Waals surface area contributed by atoms with Crippen molar-refractivity contribution in [2.24, 2.45) is 0 Å². The van der Waals surface area contributed by atoms with Crippen molar-refractivity contribution < 1.29 is 9.53 Å². The van der Waals surface area contributed by atoms with E-state index < -0.39 is 5.60 Å². The number of benzene rings is 1. The van der Waals surface area contributed by atoms with Crippen molar-refractivity contribution in [3.63, 3.8) is 0 Å². The number of carbonyl (C=O) groups excluding carboxylic acids is 1. The summed E-state index contributed by atoms with van der Waals surface area (Å²) in [6.45, 7) is 9.12. The molecule has 0 saturated carbocycles. The number of hydrogen-bond donors (Lipinski definition) is 1. The van der Waals surface area contributed by atoms with Gasteiger partial charge in [0.2, 0.25) is 0 Å². The smallest absolute Gasteiger partial charge is 0.407 e. The first-order valence-electron chi connectivity index (χ1n) is 8.30. The van der Waals surface area contributed by atoms with Gasteiger partial charge in [-0.15, -0.1) is 0 Å². The molecular weight excluding hydrogens is 304 g/mol. The average Bonchev–Trinajstić information content (AvgIpc) is 2.92. The van der Waals surface area contributed by atoms with E-state index in [-0.39, 0.29) is 12.1 Å². The number of hydrogen-bond acceptors (Lipinski definition) is 5. The van der Waals surface area contributed by atoms with E-state index in [2.05, 4.69) is 15.2 Å². The molecule has 2 heterocycles. The fraction of sp³-hybridized carbons (Fsp3) is 0.500. The number of aryl methyl sites for hydroxylation is 1. The molecule has 2 aromatic rings. The summed E-state index contributed by atoms with van der Waals surface area (Å²) in [5.41, 5.74) is 2.22. The summed E-state index contributed by atoms with van der Waals surface area (Å²) in [6.07, 6.45) is 0.503. The van der Waals surface area contributed by atoms with Gasteiger partial charge in [0.05, 0.1) is 22.8 Å². The zero-order chi connectivity index (χ0) is 17.3. The van der Waals surface area contributed by atoms with E-state index in [4.69, 9.17) is 9.72 Å². The summed E-state index contributed by atoms with van der Waals surface area (Å²) in [6, 6.07) is 7.93. The van der Waals surface area contributed by atoms with Gasteiger partial charge in [0.15, 0.2) is 5.82 Å². The first-order valence-corrected chi connectivity index (χ1v) is 8.30. The molecule has 0 radical (unpaired) electrons. The van der Waals surface area contributed by atoms with E-state index in [0.29, 0.717) is 6.54 Å². The van der Waals surface area contributed by atoms with Crippen molar-refractivity contribution >= 4 is 22.9 Å². The number of ether oxygens (including phenoxy) is 1. The lowest BCUT2D eigenvalue weighted by Crippen LogP contribution is -2.40. The van der Waals surface area contributed by atoms with Crippen molar-refractivity contribution in [3.8, 4) is 0 Å². The van der Waals surface area contributed by atoms with E-state index in [1.54, 1.807) is 0 Å². The van der Waals surface area contributed by atoms with E-state index in [0.717, 1.165) is 35.5 Å². The van der Waals surface area contributed by atoms with Crippen molar-refractivity contribution in [1.29, 1.82) is 0 Å². The Balaban J connectivity index is 1.69. The van der Waals surface area contributed by atoms with Gasteiger partial charge >= 0.3 is 6.09 Å². The number of nitrogens with zero attached hydrogens (tertiary/aromatic N) is 3. The van der Waals surface area contributed by atoms with Crippen LogP contribution in [0.2, 0.25) is 0 Å². The van der Waals surface area contributed by atoms with Crippen LogP contribution in [0.4, 0.5) is 10.6 Å². The van der Waals surface area contributed by atoms with Crippen molar-refractivity contribution in [2.75, 3.05) is 18.0 Å². The van der Waals surface area contributed by atoms with E-state index in [1.165, 1.54) is 0 Å². The molecule has 1 saturated heterocycles. The Morgan fingerprint density at radius 1 is 1.25 bits per heavy atom. The Kier molecular flexibility index (Phi) is 4.30. The number of rotatable bonds is 2. The lowest BCUT2D eigenvalue weighted by Gasteiger charge is -2.22. The van der Waals surface area contributed by atoms with Gasteiger partial charge in [0, 0.05) is 13.1 Å². The molecule has 1 atom stereocenters. The second-order valence-corrected chi connectivity index (χ2v) is 7.20. The van der Waals surface area contributed by atoms with Crippen molar-refractivity contribution in [3.05, 3.63) is 30.0 Å². The van der Waals surface area contributed by atoms with Crippen LogP contribution in [0.5, 0.6) is 0 Å². The number of amides is 1. The van der Waals surface area contributed by atoms with Crippen molar-refractivity contribution in [1.82, 2.24) is 15.3 Å². The number of aromatic nitrogens is 2. The molecule has 0 spiro atoms. The molecule has 24 heavy (non-hydrogen) atoms. The first kappa shape index (κ1) is 16.5. The largest absolute Gasteiger partial charge is 0.444 e. The zero-order valence-electron chi connectivity index (χ0n) is 14.7. The molecule has 1 amide bonds. The van der Waals surface area contributed by atoms with Gasteiger partial charge in [-0.2, -0.15) is 0 Å². The maximum absolute atomic E-state index is 11.9. The molecular formula is C18H24N4O2. The molecule has 1 aliphatic heterocycles. The van der Waals surface area contributed by atoms with Crippen LogP contribution in [0.1, 0.15) is 32.9 Å². The minimum absolute atomic E-state index is 0.0625. The molecule has 1 aliphatic rings. The highest BCUT2D eigenvalue weighted by molar-refractivity contribution is 5.76. The summed E-state index contributed by atoms with van der Waals surface area (Å²) in [7, 11) is 0. The Morgan fingerprint density at radius 3 is 2.58 bits per heavy atom. The third-order valence-corrected chi connectivity index (χ3v) is 3.93. The van der Waals surface area contributed by atoms with Crippen LogP contribution in [-0.2, 0) is 4.74 Å². The second-order valence-electron chi connectivity index (χ2n) is 7.20. The maximum atomic E-state index is 11.9. The van der Waals surface area contributed by atoms with E-state index in [9.17, 15) is 4.79 Å². The monoisotopic (exact) mass is 328 g/mol. The highest BCUT2D eigenvalue weighted by Crippen LogP contribution is 2.23. The SMILES string of the molecule is Cc1nc2ccccc2nc1N1CCC(NC(=O)OC(C)(C)C)C1. The third-order valence-electron chi connectivity index (χ3n) is 3.93. The van der Waals surface area contributed by atoms with Crippen LogP contribution in [0.25, 0.3) is 11.0 Å². The van der Waals surface area contributed by atoms with Crippen LogP contribution >= 0.6 is 0 Å². The fourth-order valence-electron chi connectivity index (χ4n) is 2.92. The van der Waals surface area contributed by atoms with Gasteiger partial charge in [0.25, 0.3) is 0 Å².